The fourth-order valence-electron chi connectivity index (χ4n) is 1.81. The molecule has 1 unspecified atom stereocenters. The van der Waals surface area contributed by atoms with E-state index in [0.29, 0.717) is 19.1 Å². The highest BCUT2D eigenvalue weighted by Crippen LogP contribution is 2.53. The molecule has 1 atom stereocenters. The molecule has 1 rings (SSSR count). The van der Waals surface area contributed by atoms with Crippen LogP contribution in [0.25, 0.3) is 0 Å². The van der Waals surface area contributed by atoms with Crippen LogP contribution in [0.15, 0.2) is 22.7 Å². The highest BCUT2D eigenvalue weighted by atomic mass is 79.9. The van der Waals surface area contributed by atoms with Crippen molar-refractivity contribution in [2.24, 2.45) is 0 Å². The van der Waals surface area contributed by atoms with Gasteiger partial charge in [0.25, 0.3) is 0 Å². The van der Waals surface area contributed by atoms with Gasteiger partial charge in [-0.15, -0.1) is 0 Å². The molecule has 0 nitrogen and oxygen atoms in total. The Kier molecular flexibility index (Phi) is 4.87. The molecule has 0 N–H and O–H groups in total. The van der Waals surface area contributed by atoms with E-state index in [0.717, 1.165) is 0 Å². The number of alkyl halides is 9. The van der Waals surface area contributed by atoms with Crippen LogP contribution in [-0.2, 0) is 11.8 Å². The van der Waals surface area contributed by atoms with E-state index in [1.165, 1.54) is 0 Å². The van der Waals surface area contributed by atoms with E-state index >= 15 is 0 Å². The van der Waals surface area contributed by atoms with Crippen molar-refractivity contribution >= 4 is 15.9 Å². The lowest BCUT2D eigenvalue weighted by atomic mass is 9.85. The van der Waals surface area contributed by atoms with Crippen molar-refractivity contribution in [3.05, 3.63) is 33.8 Å². The first-order valence-electron chi connectivity index (χ1n) is 5.68. The number of rotatable bonds is 3. The summed E-state index contributed by atoms with van der Waals surface area (Å²) in [6.07, 6.45) is -12.6. The van der Waals surface area contributed by atoms with E-state index in [4.69, 9.17) is 0 Å². The molecule has 0 aliphatic carbocycles. The Morgan fingerprint density at radius 3 is 1.64 bits per heavy atom. The fourth-order valence-corrected chi connectivity index (χ4v) is 2.31. The number of hydrogen-bond donors (Lipinski definition) is 0. The molecule has 0 bridgehead atoms. The predicted molar refractivity (Wildman–Crippen MR) is 63.2 cm³/mol. The lowest BCUT2D eigenvalue weighted by molar-refractivity contribution is -0.331. The summed E-state index contributed by atoms with van der Waals surface area (Å²) in [5.74, 6) is -5.85. The Bertz CT molecular complexity index is 547. The first-order valence-corrected chi connectivity index (χ1v) is 6.48. The van der Waals surface area contributed by atoms with Gasteiger partial charge in [0.05, 0.1) is 5.56 Å². The average Bonchev–Trinajstić information content (AvgIpc) is 2.34. The van der Waals surface area contributed by atoms with Crippen LogP contribution >= 0.6 is 15.9 Å². The minimum absolute atomic E-state index is 0.0477. The lowest BCUT2D eigenvalue weighted by Gasteiger charge is -2.34. The summed E-state index contributed by atoms with van der Waals surface area (Å²) in [6, 6.07) is 0.873. The second kappa shape index (κ2) is 5.61. The van der Waals surface area contributed by atoms with Gasteiger partial charge in [0.2, 0.25) is 5.67 Å². The standard InChI is InChI=1S/C12H8BrF9/c1-2-9(14,11(18,19)12(20,21)22)6-3-7(10(15,16)17)5-8(13)4-6/h3-5H,2H2,1H3. The predicted octanol–water partition coefficient (Wildman–Crippen LogP) is 6.24. The van der Waals surface area contributed by atoms with Crippen LogP contribution in [0.4, 0.5) is 39.5 Å². The van der Waals surface area contributed by atoms with E-state index in [-0.39, 0.29) is 6.07 Å². The summed E-state index contributed by atoms with van der Waals surface area (Å²) >= 11 is 2.55. The summed E-state index contributed by atoms with van der Waals surface area (Å²) in [4.78, 5) is 0. The van der Waals surface area contributed by atoms with Crippen molar-refractivity contribution in [1.82, 2.24) is 0 Å². The maximum absolute atomic E-state index is 14.4. The van der Waals surface area contributed by atoms with Crippen molar-refractivity contribution in [3.63, 3.8) is 0 Å². The molecule has 126 valence electrons. The zero-order valence-electron chi connectivity index (χ0n) is 10.7. The molecule has 22 heavy (non-hydrogen) atoms. The number of benzene rings is 1. The molecular weight excluding hydrogens is 395 g/mol. The maximum Gasteiger partial charge on any atom is 0.457 e. The van der Waals surface area contributed by atoms with Gasteiger partial charge in [0.1, 0.15) is 0 Å². The summed E-state index contributed by atoms with van der Waals surface area (Å²) in [5, 5.41) is 0. The van der Waals surface area contributed by atoms with Gasteiger partial charge in [-0.1, -0.05) is 22.9 Å². The van der Waals surface area contributed by atoms with E-state index < -0.39 is 46.0 Å². The first-order chi connectivity index (χ1) is 9.66. The number of halogens is 10. The molecule has 0 saturated carbocycles. The molecule has 0 radical (unpaired) electrons. The summed E-state index contributed by atoms with van der Waals surface area (Å²) in [7, 11) is 0. The van der Waals surface area contributed by atoms with Crippen LogP contribution in [0.5, 0.6) is 0 Å². The van der Waals surface area contributed by atoms with Gasteiger partial charge >= 0.3 is 18.3 Å². The molecule has 0 heterocycles. The van der Waals surface area contributed by atoms with Crippen molar-refractivity contribution in [2.45, 2.75) is 37.3 Å². The quantitative estimate of drug-likeness (QED) is 0.525. The van der Waals surface area contributed by atoms with Crippen LogP contribution < -0.4 is 0 Å². The Morgan fingerprint density at radius 2 is 1.27 bits per heavy atom. The third-order valence-electron chi connectivity index (χ3n) is 3.02. The minimum Gasteiger partial charge on any atom is -0.232 e. The van der Waals surface area contributed by atoms with E-state index in [1.54, 1.807) is 0 Å². The smallest absolute Gasteiger partial charge is 0.232 e. The van der Waals surface area contributed by atoms with E-state index in [1.807, 2.05) is 0 Å². The third-order valence-corrected chi connectivity index (χ3v) is 3.48. The first kappa shape index (κ1) is 19.1. The molecule has 0 saturated heterocycles. The van der Waals surface area contributed by atoms with Crippen LogP contribution in [0.1, 0.15) is 24.5 Å². The Morgan fingerprint density at radius 1 is 0.818 bits per heavy atom. The molecule has 1 aromatic carbocycles. The molecule has 0 aliphatic heterocycles. The van der Waals surface area contributed by atoms with Gasteiger partial charge in [0, 0.05) is 4.47 Å². The summed E-state index contributed by atoms with van der Waals surface area (Å²) in [6.45, 7) is 0.688. The summed E-state index contributed by atoms with van der Waals surface area (Å²) < 4.78 is 116. The van der Waals surface area contributed by atoms with Crippen LogP contribution in [0.3, 0.4) is 0 Å². The molecule has 10 heteroatoms. The highest BCUT2D eigenvalue weighted by Gasteiger charge is 2.71. The van der Waals surface area contributed by atoms with Gasteiger partial charge < -0.3 is 0 Å². The lowest BCUT2D eigenvalue weighted by Crippen LogP contribution is -2.52. The molecule has 0 fully saturated rings. The van der Waals surface area contributed by atoms with Gasteiger partial charge in [-0.3, -0.25) is 0 Å². The molecular formula is C12H8BrF9. The van der Waals surface area contributed by atoms with E-state index in [2.05, 4.69) is 15.9 Å². The molecule has 0 spiro atoms. The zero-order chi connectivity index (χ0) is 17.6. The molecule has 0 aromatic heterocycles. The Hall–Kier alpha value is -0.930. The van der Waals surface area contributed by atoms with E-state index in [9.17, 15) is 39.5 Å². The third kappa shape index (κ3) is 3.21. The zero-order valence-corrected chi connectivity index (χ0v) is 12.3. The van der Waals surface area contributed by atoms with Crippen LogP contribution in [0, 0.1) is 0 Å². The van der Waals surface area contributed by atoms with Crippen molar-refractivity contribution < 1.29 is 39.5 Å². The topological polar surface area (TPSA) is 0 Å². The normalized spacial score (nSPS) is 16.5. The maximum atomic E-state index is 14.4. The van der Waals surface area contributed by atoms with Crippen molar-refractivity contribution in [1.29, 1.82) is 0 Å². The Balaban J connectivity index is 3.59. The Labute approximate surface area is 127 Å². The second-order valence-corrected chi connectivity index (χ2v) is 5.37. The second-order valence-electron chi connectivity index (χ2n) is 4.45. The van der Waals surface area contributed by atoms with Gasteiger partial charge in [-0.25, -0.2) is 4.39 Å². The summed E-state index contributed by atoms with van der Waals surface area (Å²) in [5.41, 5.74) is -7.26. The van der Waals surface area contributed by atoms with Crippen molar-refractivity contribution in [2.75, 3.05) is 0 Å². The van der Waals surface area contributed by atoms with Crippen LogP contribution in [0.2, 0.25) is 0 Å². The highest BCUT2D eigenvalue weighted by molar-refractivity contribution is 9.10. The fraction of sp³-hybridized carbons (Fsp3) is 0.500. The minimum atomic E-state index is -6.25. The van der Waals surface area contributed by atoms with Gasteiger partial charge in [-0.05, 0) is 30.2 Å². The number of hydrogen-bond acceptors (Lipinski definition) is 0. The molecule has 0 aliphatic rings. The average molecular weight is 403 g/mol. The van der Waals surface area contributed by atoms with Gasteiger partial charge in [0.15, 0.2) is 0 Å². The largest absolute Gasteiger partial charge is 0.457 e. The monoisotopic (exact) mass is 402 g/mol. The van der Waals surface area contributed by atoms with Gasteiger partial charge in [-0.2, -0.15) is 35.1 Å². The molecule has 1 aromatic rings. The van der Waals surface area contributed by atoms with Crippen molar-refractivity contribution in [3.8, 4) is 0 Å². The molecule has 0 amide bonds. The SMILES string of the molecule is CCC(F)(c1cc(Br)cc(C(F)(F)F)c1)C(F)(F)C(F)(F)F. The van der Waals surface area contributed by atoms with Crippen LogP contribution in [-0.4, -0.2) is 12.1 Å².